The minimum absolute atomic E-state index is 0.524. The minimum Gasteiger partial charge on any atom is -0.330 e. The smallest absolute Gasteiger partial charge is 0.00122 e. The fourth-order valence-corrected chi connectivity index (χ4v) is 4.31. The standard InChI is InChI=1S/C10H19NS/c1-9(2)6-10(9,7-11)8-3-4-12-5-8/h8H,3-7,11H2,1-2H3. The summed E-state index contributed by atoms with van der Waals surface area (Å²) in [5.74, 6) is 3.64. The summed E-state index contributed by atoms with van der Waals surface area (Å²) in [7, 11) is 0. The molecule has 0 spiro atoms. The van der Waals surface area contributed by atoms with Gasteiger partial charge >= 0.3 is 0 Å². The molecular weight excluding hydrogens is 166 g/mol. The molecule has 0 amide bonds. The predicted octanol–water partition coefficient (Wildman–Crippen LogP) is 2.11. The Balaban J connectivity index is 2.09. The third kappa shape index (κ3) is 1.04. The zero-order chi connectivity index (χ0) is 8.82. The van der Waals surface area contributed by atoms with Crippen molar-refractivity contribution in [1.82, 2.24) is 0 Å². The molecule has 1 saturated heterocycles. The van der Waals surface area contributed by atoms with Crippen molar-refractivity contribution in [1.29, 1.82) is 0 Å². The summed E-state index contributed by atoms with van der Waals surface area (Å²) < 4.78 is 0. The molecule has 12 heavy (non-hydrogen) atoms. The largest absolute Gasteiger partial charge is 0.330 e. The lowest BCUT2D eigenvalue weighted by Crippen LogP contribution is -2.29. The second-order valence-corrected chi connectivity index (χ2v) is 6.13. The Labute approximate surface area is 79.5 Å². The monoisotopic (exact) mass is 185 g/mol. The van der Waals surface area contributed by atoms with E-state index in [1.54, 1.807) is 0 Å². The van der Waals surface area contributed by atoms with Gasteiger partial charge in [-0.1, -0.05) is 13.8 Å². The molecule has 0 bridgehead atoms. The molecule has 1 saturated carbocycles. The highest BCUT2D eigenvalue weighted by Gasteiger charge is 2.63. The maximum atomic E-state index is 5.91. The van der Waals surface area contributed by atoms with Crippen LogP contribution in [0.2, 0.25) is 0 Å². The molecule has 1 aliphatic heterocycles. The molecule has 0 aromatic carbocycles. The van der Waals surface area contributed by atoms with Crippen LogP contribution < -0.4 is 5.73 Å². The average Bonchev–Trinajstić information content (AvgIpc) is 2.52. The van der Waals surface area contributed by atoms with Crippen LogP contribution in [-0.4, -0.2) is 18.1 Å². The molecule has 70 valence electrons. The van der Waals surface area contributed by atoms with E-state index in [4.69, 9.17) is 5.73 Å². The summed E-state index contributed by atoms with van der Waals surface area (Å²) in [6.45, 7) is 5.66. The second-order valence-electron chi connectivity index (χ2n) is 4.98. The molecule has 2 N–H and O–H groups in total. The van der Waals surface area contributed by atoms with Gasteiger partial charge in [0.15, 0.2) is 0 Å². The Hall–Kier alpha value is 0.310. The van der Waals surface area contributed by atoms with Crippen LogP contribution in [-0.2, 0) is 0 Å². The number of hydrogen-bond donors (Lipinski definition) is 1. The van der Waals surface area contributed by atoms with Crippen LogP contribution in [0.1, 0.15) is 26.7 Å². The third-order valence-electron chi connectivity index (χ3n) is 4.06. The average molecular weight is 185 g/mol. The molecular formula is C10H19NS. The zero-order valence-corrected chi connectivity index (χ0v) is 8.91. The van der Waals surface area contributed by atoms with Gasteiger partial charge in [-0.25, -0.2) is 0 Å². The maximum Gasteiger partial charge on any atom is -0.00122 e. The molecule has 2 fully saturated rings. The fraction of sp³-hybridized carbons (Fsp3) is 1.00. The van der Waals surface area contributed by atoms with E-state index < -0.39 is 0 Å². The molecule has 1 aliphatic carbocycles. The van der Waals surface area contributed by atoms with Crippen LogP contribution >= 0.6 is 11.8 Å². The van der Waals surface area contributed by atoms with Gasteiger partial charge in [0, 0.05) is 0 Å². The lowest BCUT2D eigenvalue weighted by molar-refractivity contribution is 0.275. The molecule has 0 radical (unpaired) electrons. The number of thioether (sulfide) groups is 1. The third-order valence-corrected chi connectivity index (χ3v) is 5.22. The summed E-state index contributed by atoms with van der Waals surface area (Å²) in [6, 6.07) is 0. The van der Waals surface area contributed by atoms with Crippen molar-refractivity contribution in [2.45, 2.75) is 26.7 Å². The molecule has 2 atom stereocenters. The Morgan fingerprint density at radius 1 is 1.50 bits per heavy atom. The highest BCUT2D eigenvalue weighted by atomic mass is 32.2. The fourth-order valence-electron chi connectivity index (χ4n) is 2.93. The van der Waals surface area contributed by atoms with Gasteiger partial charge in [-0.3, -0.25) is 0 Å². The Morgan fingerprint density at radius 3 is 2.50 bits per heavy atom. The molecule has 2 rings (SSSR count). The summed E-state index contributed by atoms with van der Waals surface area (Å²) in [5.41, 5.74) is 6.98. The highest BCUT2D eigenvalue weighted by Crippen LogP contribution is 2.68. The Bertz CT molecular complexity index is 184. The highest BCUT2D eigenvalue weighted by molar-refractivity contribution is 7.99. The topological polar surface area (TPSA) is 26.0 Å². The number of nitrogens with two attached hydrogens (primary N) is 1. The van der Waals surface area contributed by atoms with Crippen molar-refractivity contribution in [3.63, 3.8) is 0 Å². The van der Waals surface area contributed by atoms with E-state index in [0.717, 1.165) is 12.5 Å². The van der Waals surface area contributed by atoms with Gasteiger partial charge in [-0.15, -0.1) is 0 Å². The van der Waals surface area contributed by atoms with Crippen LogP contribution in [0, 0.1) is 16.7 Å². The lowest BCUT2D eigenvalue weighted by atomic mass is 9.82. The molecule has 0 aromatic heterocycles. The quantitative estimate of drug-likeness (QED) is 0.713. The molecule has 1 nitrogen and oxygen atoms in total. The summed E-state index contributed by atoms with van der Waals surface area (Å²) in [6.07, 6.45) is 2.77. The summed E-state index contributed by atoms with van der Waals surface area (Å²) >= 11 is 2.11. The van der Waals surface area contributed by atoms with Gasteiger partial charge in [0.25, 0.3) is 0 Å². The maximum absolute atomic E-state index is 5.91. The van der Waals surface area contributed by atoms with E-state index >= 15 is 0 Å². The van der Waals surface area contributed by atoms with Crippen molar-refractivity contribution in [2.75, 3.05) is 18.1 Å². The molecule has 1 heterocycles. The molecule has 2 heteroatoms. The van der Waals surface area contributed by atoms with E-state index in [9.17, 15) is 0 Å². The van der Waals surface area contributed by atoms with Gasteiger partial charge in [0.1, 0.15) is 0 Å². The predicted molar refractivity (Wildman–Crippen MR) is 55.3 cm³/mol. The summed E-state index contributed by atoms with van der Waals surface area (Å²) in [4.78, 5) is 0. The molecule has 2 aliphatic rings. The van der Waals surface area contributed by atoms with E-state index in [1.807, 2.05) is 0 Å². The van der Waals surface area contributed by atoms with E-state index in [1.165, 1.54) is 24.3 Å². The van der Waals surface area contributed by atoms with Gasteiger partial charge in [-0.05, 0) is 47.6 Å². The lowest BCUT2D eigenvalue weighted by Gasteiger charge is -2.24. The first-order valence-electron chi connectivity index (χ1n) is 4.90. The molecule has 0 aromatic rings. The van der Waals surface area contributed by atoms with Crippen molar-refractivity contribution in [3.8, 4) is 0 Å². The van der Waals surface area contributed by atoms with E-state index in [-0.39, 0.29) is 0 Å². The first-order chi connectivity index (χ1) is 5.62. The Kier molecular flexibility index (Phi) is 1.96. The molecule has 2 unspecified atom stereocenters. The first-order valence-corrected chi connectivity index (χ1v) is 6.06. The van der Waals surface area contributed by atoms with E-state index in [2.05, 4.69) is 25.6 Å². The van der Waals surface area contributed by atoms with Crippen LogP contribution in [0.15, 0.2) is 0 Å². The normalized spacial score (nSPS) is 44.8. The van der Waals surface area contributed by atoms with Crippen LogP contribution in [0.5, 0.6) is 0 Å². The minimum atomic E-state index is 0.524. The zero-order valence-electron chi connectivity index (χ0n) is 8.10. The van der Waals surface area contributed by atoms with E-state index in [0.29, 0.717) is 10.8 Å². The Morgan fingerprint density at radius 2 is 2.17 bits per heavy atom. The number of rotatable bonds is 2. The SMILES string of the molecule is CC1(C)CC1(CN)C1CCSC1. The van der Waals surface area contributed by atoms with Crippen LogP contribution in [0.4, 0.5) is 0 Å². The van der Waals surface area contributed by atoms with Crippen molar-refractivity contribution in [2.24, 2.45) is 22.5 Å². The first kappa shape index (κ1) is 8.89. The van der Waals surface area contributed by atoms with Crippen LogP contribution in [0.25, 0.3) is 0 Å². The van der Waals surface area contributed by atoms with Crippen LogP contribution in [0.3, 0.4) is 0 Å². The van der Waals surface area contributed by atoms with Gasteiger partial charge in [-0.2, -0.15) is 11.8 Å². The van der Waals surface area contributed by atoms with Crippen molar-refractivity contribution in [3.05, 3.63) is 0 Å². The van der Waals surface area contributed by atoms with Gasteiger partial charge < -0.3 is 5.73 Å². The van der Waals surface area contributed by atoms with Gasteiger partial charge in [0.05, 0.1) is 0 Å². The van der Waals surface area contributed by atoms with Gasteiger partial charge in [0.2, 0.25) is 0 Å². The van der Waals surface area contributed by atoms with Crippen molar-refractivity contribution >= 4 is 11.8 Å². The second kappa shape index (κ2) is 2.65. The van der Waals surface area contributed by atoms with Crippen molar-refractivity contribution < 1.29 is 0 Å². The number of hydrogen-bond acceptors (Lipinski definition) is 2. The summed E-state index contributed by atoms with van der Waals surface area (Å²) in [5, 5.41) is 0.